The summed E-state index contributed by atoms with van der Waals surface area (Å²) in [6.07, 6.45) is 1.30. The first-order chi connectivity index (χ1) is 11.4. The third-order valence-corrected chi connectivity index (χ3v) is 3.98. The number of amides is 1. The standard InChI is InChI=1S/C16H13ClF3N3O/c17-11-6-14(20)16(21-7-11)23-4-3-22(15(24)9-23)8-10-5-12(18)1-2-13(10)19/h1-2,5-7H,3-4,8-9H2. The normalized spacial score (nSPS) is 15.1. The van der Waals surface area contributed by atoms with E-state index in [-0.39, 0.29) is 41.9 Å². The van der Waals surface area contributed by atoms with Gasteiger partial charge in [-0.25, -0.2) is 18.2 Å². The smallest absolute Gasteiger partial charge is 0.242 e. The Labute approximate surface area is 141 Å². The van der Waals surface area contributed by atoms with Gasteiger partial charge < -0.3 is 9.80 Å². The van der Waals surface area contributed by atoms with Gasteiger partial charge in [-0.05, 0) is 24.3 Å². The zero-order valence-electron chi connectivity index (χ0n) is 12.5. The molecule has 0 N–H and O–H groups in total. The molecule has 1 aliphatic rings. The number of aromatic nitrogens is 1. The number of hydrogen-bond acceptors (Lipinski definition) is 3. The fourth-order valence-corrected chi connectivity index (χ4v) is 2.71. The molecule has 1 aliphatic heterocycles. The van der Waals surface area contributed by atoms with Gasteiger partial charge in [0, 0.05) is 31.4 Å². The molecular weight excluding hydrogens is 343 g/mol. The number of nitrogens with zero attached hydrogens (tertiary/aromatic N) is 3. The Hall–Kier alpha value is -2.28. The Balaban J connectivity index is 1.71. The van der Waals surface area contributed by atoms with Gasteiger partial charge in [0.25, 0.3) is 0 Å². The second kappa shape index (κ2) is 6.68. The number of carbonyl (C=O) groups excluding carboxylic acids is 1. The summed E-state index contributed by atoms with van der Waals surface area (Å²) in [5, 5.41) is 0.169. The lowest BCUT2D eigenvalue weighted by Gasteiger charge is -2.35. The highest BCUT2D eigenvalue weighted by Gasteiger charge is 2.27. The minimum absolute atomic E-state index is 0.0349. The fourth-order valence-electron chi connectivity index (χ4n) is 2.57. The van der Waals surface area contributed by atoms with E-state index in [1.54, 1.807) is 0 Å². The van der Waals surface area contributed by atoms with Gasteiger partial charge in [0.1, 0.15) is 11.6 Å². The van der Waals surface area contributed by atoms with Crippen molar-refractivity contribution in [2.45, 2.75) is 6.54 Å². The van der Waals surface area contributed by atoms with Crippen LogP contribution in [0.25, 0.3) is 0 Å². The average Bonchev–Trinajstić information content (AvgIpc) is 2.53. The van der Waals surface area contributed by atoms with Crippen LogP contribution in [0, 0.1) is 17.5 Å². The Bertz CT molecular complexity index is 787. The molecule has 0 saturated carbocycles. The molecule has 1 saturated heterocycles. The van der Waals surface area contributed by atoms with Crippen molar-refractivity contribution >= 4 is 23.3 Å². The topological polar surface area (TPSA) is 36.4 Å². The van der Waals surface area contributed by atoms with E-state index in [0.717, 1.165) is 24.3 Å². The van der Waals surface area contributed by atoms with Crippen LogP contribution in [-0.4, -0.2) is 35.4 Å². The van der Waals surface area contributed by atoms with Crippen molar-refractivity contribution in [3.63, 3.8) is 0 Å². The maximum atomic E-state index is 13.9. The molecule has 0 spiro atoms. The van der Waals surface area contributed by atoms with Crippen molar-refractivity contribution in [1.82, 2.24) is 9.88 Å². The van der Waals surface area contributed by atoms with Crippen LogP contribution < -0.4 is 4.90 Å². The first-order valence-electron chi connectivity index (χ1n) is 7.22. The van der Waals surface area contributed by atoms with Crippen LogP contribution >= 0.6 is 11.6 Å². The number of piperazine rings is 1. The Kier molecular flexibility index (Phi) is 4.62. The molecule has 2 heterocycles. The predicted octanol–water partition coefficient (Wildman–Crippen LogP) is 3.00. The Morgan fingerprint density at radius 1 is 1.12 bits per heavy atom. The van der Waals surface area contributed by atoms with Crippen LogP contribution in [0.3, 0.4) is 0 Å². The first kappa shape index (κ1) is 16.6. The van der Waals surface area contributed by atoms with Crippen molar-refractivity contribution in [3.8, 4) is 0 Å². The zero-order chi connectivity index (χ0) is 17.3. The van der Waals surface area contributed by atoms with Gasteiger partial charge in [0.15, 0.2) is 11.6 Å². The molecule has 0 radical (unpaired) electrons. The summed E-state index contributed by atoms with van der Waals surface area (Å²) in [6, 6.07) is 4.24. The molecule has 0 unspecified atom stereocenters. The molecule has 8 heteroatoms. The average molecular weight is 356 g/mol. The van der Waals surface area contributed by atoms with E-state index in [0.29, 0.717) is 6.54 Å². The predicted molar refractivity (Wildman–Crippen MR) is 83.2 cm³/mol. The van der Waals surface area contributed by atoms with Gasteiger partial charge in [0.05, 0.1) is 11.6 Å². The zero-order valence-corrected chi connectivity index (χ0v) is 13.2. The summed E-state index contributed by atoms with van der Waals surface area (Å²) in [5.41, 5.74) is 0.104. The molecule has 1 amide bonds. The second-order valence-corrected chi connectivity index (χ2v) is 5.87. The van der Waals surface area contributed by atoms with Crippen LogP contribution in [0.4, 0.5) is 19.0 Å². The molecule has 126 valence electrons. The van der Waals surface area contributed by atoms with E-state index in [4.69, 9.17) is 11.6 Å². The van der Waals surface area contributed by atoms with Crippen molar-refractivity contribution < 1.29 is 18.0 Å². The van der Waals surface area contributed by atoms with E-state index < -0.39 is 17.5 Å². The van der Waals surface area contributed by atoms with E-state index in [9.17, 15) is 18.0 Å². The summed E-state index contributed by atoms with van der Waals surface area (Å²) >= 11 is 5.66. The third-order valence-electron chi connectivity index (χ3n) is 3.78. The lowest BCUT2D eigenvalue weighted by atomic mass is 10.1. The SMILES string of the molecule is O=C1CN(c2ncc(Cl)cc2F)CCN1Cc1cc(F)ccc1F. The summed E-state index contributed by atoms with van der Waals surface area (Å²) in [6.45, 7) is 0.446. The van der Waals surface area contributed by atoms with Crippen molar-refractivity contribution in [2.75, 3.05) is 24.5 Å². The lowest BCUT2D eigenvalue weighted by Crippen LogP contribution is -2.50. The van der Waals surface area contributed by atoms with Crippen LogP contribution in [0.5, 0.6) is 0 Å². The van der Waals surface area contributed by atoms with E-state index >= 15 is 0 Å². The molecule has 1 aromatic carbocycles. The van der Waals surface area contributed by atoms with Gasteiger partial charge in [0.2, 0.25) is 5.91 Å². The van der Waals surface area contributed by atoms with E-state index in [1.165, 1.54) is 16.0 Å². The molecule has 0 bridgehead atoms. The largest absolute Gasteiger partial charge is 0.343 e. The van der Waals surface area contributed by atoms with Gasteiger partial charge >= 0.3 is 0 Å². The van der Waals surface area contributed by atoms with Crippen LogP contribution in [-0.2, 0) is 11.3 Å². The number of pyridine rings is 1. The van der Waals surface area contributed by atoms with Gasteiger partial charge in [-0.15, -0.1) is 0 Å². The minimum Gasteiger partial charge on any atom is -0.343 e. The summed E-state index contributed by atoms with van der Waals surface area (Å²) in [5.74, 6) is -2.02. The molecule has 1 fully saturated rings. The molecule has 2 aromatic rings. The summed E-state index contributed by atoms with van der Waals surface area (Å²) < 4.78 is 40.8. The van der Waals surface area contributed by atoms with E-state index in [1.807, 2.05) is 0 Å². The number of rotatable bonds is 3. The minimum atomic E-state index is -0.611. The van der Waals surface area contributed by atoms with Gasteiger partial charge in [-0.2, -0.15) is 0 Å². The maximum absolute atomic E-state index is 13.9. The summed E-state index contributed by atoms with van der Waals surface area (Å²) in [7, 11) is 0. The number of benzene rings is 1. The molecule has 0 aliphatic carbocycles. The Morgan fingerprint density at radius 2 is 1.92 bits per heavy atom. The monoisotopic (exact) mass is 355 g/mol. The highest BCUT2D eigenvalue weighted by molar-refractivity contribution is 6.30. The van der Waals surface area contributed by atoms with Crippen molar-refractivity contribution in [3.05, 3.63) is 58.5 Å². The third kappa shape index (κ3) is 3.46. The second-order valence-electron chi connectivity index (χ2n) is 5.43. The number of carbonyl (C=O) groups is 1. The lowest BCUT2D eigenvalue weighted by molar-refractivity contribution is -0.131. The molecular formula is C16H13ClF3N3O. The molecule has 3 rings (SSSR count). The van der Waals surface area contributed by atoms with Crippen LogP contribution in [0.1, 0.15) is 5.56 Å². The number of hydrogen-bond donors (Lipinski definition) is 0. The van der Waals surface area contributed by atoms with Crippen LogP contribution in [0.2, 0.25) is 5.02 Å². The number of anilines is 1. The molecule has 0 atom stereocenters. The quantitative estimate of drug-likeness (QED) is 0.849. The highest BCUT2D eigenvalue weighted by atomic mass is 35.5. The van der Waals surface area contributed by atoms with Crippen molar-refractivity contribution in [1.29, 1.82) is 0 Å². The maximum Gasteiger partial charge on any atom is 0.242 e. The highest BCUT2D eigenvalue weighted by Crippen LogP contribution is 2.22. The van der Waals surface area contributed by atoms with E-state index in [2.05, 4.69) is 4.98 Å². The first-order valence-corrected chi connectivity index (χ1v) is 7.59. The van der Waals surface area contributed by atoms with Gasteiger partial charge in [-0.1, -0.05) is 11.6 Å². The molecule has 4 nitrogen and oxygen atoms in total. The number of halogens is 4. The molecule has 1 aromatic heterocycles. The summed E-state index contributed by atoms with van der Waals surface area (Å²) in [4.78, 5) is 19.1. The fraction of sp³-hybridized carbons (Fsp3) is 0.250. The molecule has 24 heavy (non-hydrogen) atoms. The van der Waals surface area contributed by atoms with Gasteiger partial charge in [-0.3, -0.25) is 4.79 Å². The van der Waals surface area contributed by atoms with Crippen molar-refractivity contribution in [2.24, 2.45) is 0 Å². The van der Waals surface area contributed by atoms with Crippen LogP contribution in [0.15, 0.2) is 30.5 Å². The Morgan fingerprint density at radius 3 is 2.62 bits per heavy atom.